The molecule has 0 saturated heterocycles. The monoisotopic (exact) mass is 242 g/mol. The van der Waals surface area contributed by atoms with Gasteiger partial charge in [0.1, 0.15) is 0 Å². The molecular formula is C14H18N4. The van der Waals surface area contributed by atoms with Crippen LogP contribution in [0.1, 0.15) is 23.0 Å². The molecule has 0 aliphatic heterocycles. The highest BCUT2D eigenvalue weighted by Crippen LogP contribution is 2.16. The van der Waals surface area contributed by atoms with E-state index >= 15 is 0 Å². The number of hydrogen-bond donors (Lipinski definition) is 2. The molecule has 1 heterocycles. The second kappa shape index (κ2) is 5.60. The molecule has 1 atom stereocenters. The van der Waals surface area contributed by atoms with Gasteiger partial charge in [-0.1, -0.05) is 30.3 Å². The van der Waals surface area contributed by atoms with Crippen LogP contribution in [-0.4, -0.2) is 16.5 Å². The van der Waals surface area contributed by atoms with Crippen molar-refractivity contribution in [3.8, 4) is 0 Å². The van der Waals surface area contributed by atoms with Crippen LogP contribution < -0.4 is 11.1 Å². The summed E-state index contributed by atoms with van der Waals surface area (Å²) in [6.45, 7) is 4.42. The minimum absolute atomic E-state index is 0.0346. The fourth-order valence-electron chi connectivity index (χ4n) is 1.91. The second-order valence-electron chi connectivity index (χ2n) is 4.32. The molecule has 94 valence electrons. The topological polar surface area (TPSA) is 63.8 Å². The van der Waals surface area contributed by atoms with Crippen LogP contribution >= 0.6 is 0 Å². The molecule has 1 unspecified atom stereocenters. The molecule has 2 aromatic rings. The average molecular weight is 242 g/mol. The van der Waals surface area contributed by atoms with Crippen LogP contribution in [0.5, 0.6) is 0 Å². The maximum atomic E-state index is 5.81. The molecular weight excluding hydrogens is 224 g/mol. The highest BCUT2D eigenvalue weighted by molar-refractivity contribution is 5.33. The summed E-state index contributed by atoms with van der Waals surface area (Å²) in [4.78, 5) is 8.74. The van der Waals surface area contributed by atoms with E-state index in [1.807, 2.05) is 50.2 Å². The minimum atomic E-state index is 0.0346. The summed E-state index contributed by atoms with van der Waals surface area (Å²) in [6.07, 6.45) is 0. The molecule has 0 radical (unpaired) electrons. The smallest absolute Gasteiger partial charge is 0.223 e. The van der Waals surface area contributed by atoms with Gasteiger partial charge in [-0.25, -0.2) is 9.97 Å². The first-order chi connectivity index (χ1) is 8.69. The largest absolute Gasteiger partial charge is 0.346 e. The van der Waals surface area contributed by atoms with Crippen molar-refractivity contribution in [3.05, 3.63) is 53.3 Å². The Kier molecular flexibility index (Phi) is 3.89. The van der Waals surface area contributed by atoms with Gasteiger partial charge in [-0.05, 0) is 25.5 Å². The number of benzene rings is 1. The summed E-state index contributed by atoms with van der Waals surface area (Å²) in [5.41, 5.74) is 8.86. The molecule has 0 aliphatic rings. The van der Waals surface area contributed by atoms with Gasteiger partial charge in [0.15, 0.2) is 0 Å². The van der Waals surface area contributed by atoms with Gasteiger partial charge in [0.05, 0.1) is 6.04 Å². The maximum Gasteiger partial charge on any atom is 0.223 e. The average Bonchev–Trinajstić information content (AvgIpc) is 2.36. The first-order valence-corrected chi connectivity index (χ1v) is 6.03. The van der Waals surface area contributed by atoms with Crippen molar-refractivity contribution < 1.29 is 0 Å². The first-order valence-electron chi connectivity index (χ1n) is 6.03. The molecule has 2 rings (SSSR count). The van der Waals surface area contributed by atoms with Gasteiger partial charge in [-0.3, -0.25) is 0 Å². The lowest BCUT2D eigenvalue weighted by Gasteiger charge is -2.17. The molecule has 18 heavy (non-hydrogen) atoms. The third-order valence-electron chi connectivity index (χ3n) is 2.72. The zero-order valence-corrected chi connectivity index (χ0v) is 10.7. The summed E-state index contributed by atoms with van der Waals surface area (Å²) in [5, 5.41) is 3.28. The SMILES string of the molecule is Cc1cc(C)nc(NC(CN)c2ccccc2)n1. The summed E-state index contributed by atoms with van der Waals surface area (Å²) in [6, 6.07) is 12.1. The zero-order chi connectivity index (χ0) is 13.0. The molecule has 0 saturated carbocycles. The van der Waals surface area contributed by atoms with Crippen molar-refractivity contribution in [1.29, 1.82) is 0 Å². The number of rotatable bonds is 4. The van der Waals surface area contributed by atoms with Crippen LogP contribution in [-0.2, 0) is 0 Å². The van der Waals surface area contributed by atoms with Crippen molar-refractivity contribution in [3.63, 3.8) is 0 Å². The van der Waals surface area contributed by atoms with E-state index in [-0.39, 0.29) is 6.04 Å². The summed E-state index contributed by atoms with van der Waals surface area (Å²) in [7, 11) is 0. The lowest BCUT2D eigenvalue weighted by Crippen LogP contribution is -2.22. The van der Waals surface area contributed by atoms with E-state index in [9.17, 15) is 0 Å². The number of nitrogens with one attached hydrogen (secondary N) is 1. The Morgan fingerprint density at radius 3 is 2.28 bits per heavy atom. The molecule has 1 aromatic carbocycles. The summed E-state index contributed by atoms with van der Waals surface area (Å²) < 4.78 is 0. The Morgan fingerprint density at radius 2 is 1.72 bits per heavy atom. The van der Waals surface area contributed by atoms with Gasteiger partial charge in [0, 0.05) is 17.9 Å². The lowest BCUT2D eigenvalue weighted by atomic mass is 10.1. The summed E-state index contributed by atoms with van der Waals surface area (Å²) >= 11 is 0. The number of aromatic nitrogens is 2. The molecule has 0 spiro atoms. The van der Waals surface area contributed by atoms with Gasteiger partial charge in [-0.15, -0.1) is 0 Å². The molecule has 0 amide bonds. The highest BCUT2D eigenvalue weighted by Gasteiger charge is 2.10. The fourth-order valence-corrected chi connectivity index (χ4v) is 1.91. The number of anilines is 1. The van der Waals surface area contributed by atoms with Gasteiger partial charge < -0.3 is 11.1 Å². The van der Waals surface area contributed by atoms with Crippen molar-refractivity contribution in [2.24, 2.45) is 5.73 Å². The number of nitrogens with zero attached hydrogens (tertiary/aromatic N) is 2. The quantitative estimate of drug-likeness (QED) is 0.862. The fraction of sp³-hybridized carbons (Fsp3) is 0.286. The lowest BCUT2D eigenvalue weighted by molar-refractivity contribution is 0.773. The van der Waals surface area contributed by atoms with E-state index in [1.165, 1.54) is 0 Å². The Labute approximate surface area is 107 Å². The van der Waals surface area contributed by atoms with E-state index in [1.54, 1.807) is 0 Å². The third kappa shape index (κ3) is 3.05. The maximum absolute atomic E-state index is 5.81. The Hall–Kier alpha value is -1.94. The Morgan fingerprint density at radius 1 is 1.11 bits per heavy atom. The Balaban J connectivity index is 2.20. The molecule has 1 aromatic heterocycles. The van der Waals surface area contributed by atoms with Gasteiger partial charge in [-0.2, -0.15) is 0 Å². The van der Waals surface area contributed by atoms with E-state index in [0.29, 0.717) is 12.5 Å². The van der Waals surface area contributed by atoms with E-state index in [2.05, 4.69) is 15.3 Å². The minimum Gasteiger partial charge on any atom is -0.346 e. The molecule has 4 heteroatoms. The first kappa shape index (κ1) is 12.5. The normalized spacial score (nSPS) is 12.2. The Bertz CT molecular complexity index is 490. The number of hydrogen-bond acceptors (Lipinski definition) is 4. The third-order valence-corrected chi connectivity index (χ3v) is 2.72. The molecule has 0 fully saturated rings. The van der Waals surface area contributed by atoms with Gasteiger partial charge in [0.25, 0.3) is 0 Å². The molecule has 4 nitrogen and oxygen atoms in total. The van der Waals surface area contributed by atoms with Crippen molar-refractivity contribution in [2.45, 2.75) is 19.9 Å². The standard InChI is InChI=1S/C14H18N4/c1-10-8-11(2)17-14(16-10)18-13(9-15)12-6-4-3-5-7-12/h3-8,13H,9,15H2,1-2H3,(H,16,17,18). The molecule has 0 aliphatic carbocycles. The highest BCUT2D eigenvalue weighted by atomic mass is 15.1. The summed E-state index contributed by atoms with van der Waals surface area (Å²) in [5.74, 6) is 0.631. The van der Waals surface area contributed by atoms with Crippen molar-refractivity contribution in [1.82, 2.24) is 9.97 Å². The van der Waals surface area contributed by atoms with Gasteiger partial charge in [0.2, 0.25) is 5.95 Å². The van der Waals surface area contributed by atoms with E-state index in [0.717, 1.165) is 17.0 Å². The zero-order valence-electron chi connectivity index (χ0n) is 10.7. The van der Waals surface area contributed by atoms with Crippen LogP contribution in [0, 0.1) is 13.8 Å². The van der Waals surface area contributed by atoms with E-state index in [4.69, 9.17) is 5.73 Å². The number of aryl methyl sites for hydroxylation is 2. The predicted octanol–water partition coefficient (Wildman–Crippen LogP) is 2.21. The van der Waals surface area contributed by atoms with Crippen LogP contribution in [0.3, 0.4) is 0 Å². The molecule has 0 bridgehead atoms. The van der Waals surface area contributed by atoms with Crippen LogP contribution in [0.25, 0.3) is 0 Å². The van der Waals surface area contributed by atoms with Crippen LogP contribution in [0.2, 0.25) is 0 Å². The number of nitrogens with two attached hydrogens (primary N) is 1. The van der Waals surface area contributed by atoms with Crippen LogP contribution in [0.15, 0.2) is 36.4 Å². The van der Waals surface area contributed by atoms with Crippen molar-refractivity contribution in [2.75, 3.05) is 11.9 Å². The van der Waals surface area contributed by atoms with Crippen LogP contribution in [0.4, 0.5) is 5.95 Å². The second-order valence-corrected chi connectivity index (χ2v) is 4.32. The predicted molar refractivity (Wildman–Crippen MR) is 73.4 cm³/mol. The van der Waals surface area contributed by atoms with Crippen molar-refractivity contribution >= 4 is 5.95 Å². The van der Waals surface area contributed by atoms with Gasteiger partial charge >= 0.3 is 0 Å². The molecule has 3 N–H and O–H groups in total. The van der Waals surface area contributed by atoms with E-state index < -0.39 is 0 Å².